The highest BCUT2D eigenvalue weighted by molar-refractivity contribution is 5.84. The van der Waals surface area contributed by atoms with E-state index in [1.165, 1.54) is 10.4 Å². The number of anilines is 1. The maximum atomic E-state index is 13.3. The SMILES string of the molecule is Cc1cc(N2CCOCC2)ccc1C=Nn1c(-c2ccccc2)nc2ccccc2c1=O. The quantitative estimate of drug-likeness (QED) is 0.463. The summed E-state index contributed by atoms with van der Waals surface area (Å²) in [5, 5.41) is 5.13. The molecule has 0 radical (unpaired) electrons. The van der Waals surface area contributed by atoms with Crippen LogP contribution in [0.25, 0.3) is 22.3 Å². The lowest BCUT2D eigenvalue weighted by molar-refractivity contribution is 0.122. The van der Waals surface area contributed by atoms with Gasteiger partial charge in [0.05, 0.1) is 30.3 Å². The molecule has 0 spiro atoms. The number of hydrogen-bond acceptors (Lipinski definition) is 5. The van der Waals surface area contributed by atoms with E-state index in [1.807, 2.05) is 54.6 Å². The Kier molecular flexibility index (Phi) is 5.52. The Labute approximate surface area is 186 Å². The summed E-state index contributed by atoms with van der Waals surface area (Å²) in [6.07, 6.45) is 1.74. The van der Waals surface area contributed by atoms with Gasteiger partial charge in [0, 0.05) is 24.3 Å². The molecule has 3 aromatic carbocycles. The Balaban J connectivity index is 1.56. The number of morpholine rings is 1. The third kappa shape index (κ3) is 3.92. The predicted octanol–water partition coefficient (Wildman–Crippen LogP) is 4.09. The zero-order valence-electron chi connectivity index (χ0n) is 17.9. The zero-order valence-corrected chi connectivity index (χ0v) is 17.9. The maximum Gasteiger partial charge on any atom is 0.282 e. The Morgan fingerprint density at radius 2 is 1.72 bits per heavy atom. The lowest BCUT2D eigenvalue weighted by atomic mass is 10.1. The van der Waals surface area contributed by atoms with Gasteiger partial charge in [-0.2, -0.15) is 9.78 Å². The average molecular weight is 425 g/mol. The Hall–Kier alpha value is -3.77. The van der Waals surface area contributed by atoms with Crippen molar-refractivity contribution in [1.29, 1.82) is 0 Å². The minimum Gasteiger partial charge on any atom is -0.378 e. The molecular formula is C26H24N4O2. The number of rotatable bonds is 4. The van der Waals surface area contributed by atoms with E-state index in [9.17, 15) is 4.79 Å². The molecule has 2 heterocycles. The van der Waals surface area contributed by atoms with Gasteiger partial charge in [0.2, 0.25) is 0 Å². The van der Waals surface area contributed by atoms with E-state index in [1.54, 1.807) is 12.3 Å². The fourth-order valence-corrected chi connectivity index (χ4v) is 3.95. The number of hydrogen-bond donors (Lipinski definition) is 0. The van der Waals surface area contributed by atoms with Crippen molar-refractivity contribution >= 4 is 22.8 Å². The first-order valence-corrected chi connectivity index (χ1v) is 10.8. The van der Waals surface area contributed by atoms with Gasteiger partial charge in [-0.15, -0.1) is 0 Å². The number of aryl methyl sites for hydroxylation is 1. The largest absolute Gasteiger partial charge is 0.378 e. The molecule has 0 aliphatic carbocycles. The van der Waals surface area contributed by atoms with E-state index in [2.05, 4.69) is 29.1 Å². The van der Waals surface area contributed by atoms with Gasteiger partial charge in [-0.3, -0.25) is 4.79 Å². The summed E-state index contributed by atoms with van der Waals surface area (Å²) < 4.78 is 6.85. The van der Waals surface area contributed by atoms with Crippen LogP contribution in [-0.2, 0) is 4.74 Å². The minimum atomic E-state index is -0.187. The van der Waals surface area contributed by atoms with E-state index in [-0.39, 0.29) is 5.56 Å². The van der Waals surface area contributed by atoms with Gasteiger partial charge in [0.25, 0.3) is 5.56 Å². The van der Waals surface area contributed by atoms with Crippen molar-refractivity contribution in [2.45, 2.75) is 6.92 Å². The van der Waals surface area contributed by atoms with Crippen molar-refractivity contribution in [2.24, 2.45) is 5.10 Å². The van der Waals surface area contributed by atoms with Crippen molar-refractivity contribution in [3.05, 3.63) is 94.3 Å². The first-order chi connectivity index (χ1) is 15.7. The summed E-state index contributed by atoms with van der Waals surface area (Å²) in [4.78, 5) is 20.3. The van der Waals surface area contributed by atoms with Crippen molar-refractivity contribution in [3.63, 3.8) is 0 Å². The van der Waals surface area contributed by atoms with Crippen LogP contribution in [-0.4, -0.2) is 42.2 Å². The van der Waals surface area contributed by atoms with Crippen LogP contribution in [0.4, 0.5) is 5.69 Å². The second-order valence-electron chi connectivity index (χ2n) is 7.82. The summed E-state index contributed by atoms with van der Waals surface area (Å²) in [5.74, 6) is 0.521. The molecule has 4 aromatic rings. The van der Waals surface area contributed by atoms with E-state index in [0.29, 0.717) is 16.7 Å². The van der Waals surface area contributed by atoms with Gasteiger partial charge in [0.15, 0.2) is 5.82 Å². The van der Waals surface area contributed by atoms with Gasteiger partial charge in [-0.05, 0) is 42.3 Å². The predicted molar refractivity (Wildman–Crippen MR) is 129 cm³/mol. The van der Waals surface area contributed by atoms with Crippen LogP contribution in [0.3, 0.4) is 0 Å². The number of benzene rings is 3. The normalized spacial score (nSPS) is 14.3. The molecule has 0 amide bonds. The summed E-state index contributed by atoms with van der Waals surface area (Å²) in [7, 11) is 0. The highest BCUT2D eigenvalue weighted by Crippen LogP contribution is 2.21. The van der Waals surface area contributed by atoms with E-state index >= 15 is 0 Å². The number of para-hydroxylation sites is 1. The third-order valence-corrected chi connectivity index (χ3v) is 5.73. The number of aromatic nitrogens is 2. The van der Waals surface area contributed by atoms with Crippen LogP contribution in [0.15, 0.2) is 82.7 Å². The number of fused-ring (bicyclic) bond motifs is 1. The highest BCUT2D eigenvalue weighted by atomic mass is 16.5. The van der Waals surface area contributed by atoms with Crippen molar-refractivity contribution in [3.8, 4) is 11.4 Å². The smallest absolute Gasteiger partial charge is 0.282 e. The van der Waals surface area contributed by atoms with Crippen molar-refractivity contribution < 1.29 is 4.74 Å². The summed E-state index contributed by atoms with van der Waals surface area (Å²) in [6.45, 7) is 5.35. The fourth-order valence-electron chi connectivity index (χ4n) is 3.95. The third-order valence-electron chi connectivity index (χ3n) is 5.73. The van der Waals surface area contributed by atoms with Crippen LogP contribution in [0.1, 0.15) is 11.1 Å². The van der Waals surface area contributed by atoms with Gasteiger partial charge >= 0.3 is 0 Å². The molecule has 1 aliphatic rings. The zero-order chi connectivity index (χ0) is 21.9. The molecule has 1 aliphatic heterocycles. The minimum absolute atomic E-state index is 0.187. The summed E-state index contributed by atoms with van der Waals surface area (Å²) in [5.41, 5.74) is 4.55. The molecule has 160 valence electrons. The van der Waals surface area contributed by atoms with Crippen molar-refractivity contribution in [1.82, 2.24) is 9.66 Å². The molecule has 0 N–H and O–H groups in total. The second-order valence-corrected chi connectivity index (χ2v) is 7.82. The molecule has 6 nitrogen and oxygen atoms in total. The molecule has 0 bridgehead atoms. The highest BCUT2D eigenvalue weighted by Gasteiger charge is 2.13. The van der Waals surface area contributed by atoms with Gasteiger partial charge in [-0.25, -0.2) is 4.98 Å². The number of ether oxygens (including phenoxy) is 1. The lowest BCUT2D eigenvalue weighted by Crippen LogP contribution is -2.36. The van der Waals surface area contributed by atoms with Crippen LogP contribution in [0, 0.1) is 6.92 Å². The molecule has 1 saturated heterocycles. The first-order valence-electron chi connectivity index (χ1n) is 10.8. The average Bonchev–Trinajstić information content (AvgIpc) is 2.85. The van der Waals surface area contributed by atoms with Gasteiger partial charge in [-0.1, -0.05) is 48.5 Å². The Bertz CT molecular complexity index is 1340. The van der Waals surface area contributed by atoms with E-state index < -0.39 is 0 Å². The molecule has 0 saturated carbocycles. The van der Waals surface area contributed by atoms with Crippen LogP contribution in [0.2, 0.25) is 0 Å². The first kappa shape index (κ1) is 20.2. The summed E-state index contributed by atoms with van der Waals surface area (Å²) >= 11 is 0. The molecule has 32 heavy (non-hydrogen) atoms. The van der Waals surface area contributed by atoms with Crippen LogP contribution < -0.4 is 10.5 Å². The van der Waals surface area contributed by atoms with Gasteiger partial charge < -0.3 is 9.64 Å². The molecule has 1 fully saturated rings. The van der Waals surface area contributed by atoms with E-state index in [0.717, 1.165) is 43.0 Å². The molecular weight excluding hydrogens is 400 g/mol. The Morgan fingerprint density at radius 3 is 2.50 bits per heavy atom. The molecule has 5 rings (SSSR count). The fraction of sp³-hybridized carbons (Fsp3) is 0.192. The lowest BCUT2D eigenvalue weighted by Gasteiger charge is -2.29. The molecule has 1 aromatic heterocycles. The van der Waals surface area contributed by atoms with Crippen LogP contribution >= 0.6 is 0 Å². The Morgan fingerprint density at radius 1 is 0.969 bits per heavy atom. The molecule has 0 unspecified atom stereocenters. The maximum absolute atomic E-state index is 13.3. The topological polar surface area (TPSA) is 59.7 Å². The van der Waals surface area contributed by atoms with Gasteiger partial charge in [0.1, 0.15) is 0 Å². The molecule has 0 atom stereocenters. The van der Waals surface area contributed by atoms with E-state index in [4.69, 9.17) is 9.72 Å². The second kappa shape index (κ2) is 8.77. The summed E-state index contributed by atoms with van der Waals surface area (Å²) in [6, 6.07) is 23.3. The standard InChI is InChI=1S/C26H24N4O2/c1-19-17-22(29-13-15-32-16-14-29)12-11-21(19)18-27-30-25(20-7-3-2-4-8-20)28-24-10-6-5-9-23(24)26(30)31/h2-12,17-18H,13-16H2,1H3. The number of nitrogens with zero attached hydrogens (tertiary/aromatic N) is 4. The van der Waals surface area contributed by atoms with Crippen LogP contribution in [0.5, 0.6) is 0 Å². The van der Waals surface area contributed by atoms with Crippen molar-refractivity contribution in [2.75, 3.05) is 31.2 Å². The monoisotopic (exact) mass is 424 g/mol. The molecule has 6 heteroatoms.